The minimum absolute atomic E-state index is 0. The monoisotopic (exact) mass is 814 g/mol. The van der Waals surface area contributed by atoms with Gasteiger partial charge in [0.1, 0.15) is 17.6 Å². The third-order valence-electron chi connectivity index (χ3n) is 9.64. The van der Waals surface area contributed by atoms with Crippen LogP contribution in [-0.4, -0.2) is 76.6 Å². The van der Waals surface area contributed by atoms with E-state index in [9.17, 15) is 29.7 Å². The van der Waals surface area contributed by atoms with Crippen LogP contribution in [-0.2, 0) is 26.3 Å². The van der Waals surface area contributed by atoms with Crippen LogP contribution in [0.25, 0.3) is 10.9 Å². The van der Waals surface area contributed by atoms with Gasteiger partial charge in [0.2, 0.25) is 11.2 Å². The number of phenolic OH excluding ortho intramolecular Hbond substituents is 1. The van der Waals surface area contributed by atoms with Crippen molar-refractivity contribution in [3.8, 4) is 11.5 Å². The quantitative estimate of drug-likeness (QED) is 0.0510. The molecular weight excluding hydrogens is 767 g/mol. The molecule has 0 saturated heterocycles. The molecule has 3 heterocycles. The molecule has 1 fully saturated rings. The van der Waals surface area contributed by atoms with Crippen LogP contribution in [0.2, 0.25) is 0 Å². The Hall–Kier alpha value is -4.71. The number of aromatic nitrogens is 1. The van der Waals surface area contributed by atoms with E-state index in [4.69, 9.17) is 9.47 Å². The largest absolute Gasteiger partial charge is 0.506 e. The number of benzene rings is 2. The molecular formula is C40H48F2N4O8S2. The number of hydrogen-bond donors (Lipinski definition) is 7. The molecule has 302 valence electrons. The average Bonchev–Trinajstić information content (AvgIpc) is 3.93. The number of halogens is 2. The number of H-pyrrole nitrogens is 1. The van der Waals surface area contributed by atoms with E-state index in [2.05, 4.69) is 20.9 Å². The van der Waals surface area contributed by atoms with Gasteiger partial charge in [-0.15, -0.1) is 22.7 Å². The predicted molar refractivity (Wildman–Crippen MR) is 214 cm³/mol. The molecule has 56 heavy (non-hydrogen) atoms. The zero-order valence-corrected chi connectivity index (χ0v) is 32.4. The van der Waals surface area contributed by atoms with Crippen LogP contribution < -0.4 is 26.2 Å². The second kappa shape index (κ2) is 20.5. The van der Waals surface area contributed by atoms with E-state index in [-0.39, 0.29) is 58.0 Å². The van der Waals surface area contributed by atoms with Crippen LogP contribution in [0.5, 0.6) is 11.5 Å². The molecule has 2 aromatic carbocycles. The van der Waals surface area contributed by atoms with Gasteiger partial charge in [0.05, 0.1) is 21.4 Å². The summed E-state index contributed by atoms with van der Waals surface area (Å²) in [6, 6.07) is 21.0. The molecule has 0 radical (unpaired) electrons. The van der Waals surface area contributed by atoms with Gasteiger partial charge in [-0.2, -0.15) is 0 Å². The van der Waals surface area contributed by atoms with Gasteiger partial charge < -0.3 is 45.7 Å². The second-order valence-corrected chi connectivity index (χ2v) is 15.5. The number of rotatable bonds is 17. The number of nitrogens with one attached hydrogen (secondary N) is 4. The van der Waals surface area contributed by atoms with Crippen LogP contribution in [0, 0.1) is 0 Å². The Morgan fingerprint density at radius 2 is 1.61 bits per heavy atom. The van der Waals surface area contributed by atoms with Gasteiger partial charge in [-0.3, -0.25) is 19.0 Å². The molecule has 2 unspecified atom stereocenters. The first-order chi connectivity index (χ1) is 26.1. The molecule has 1 amide bonds. The summed E-state index contributed by atoms with van der Waals surface area (Å²) in [4.78, 5) is 41.1. The number of amides is 1. The Balaban J connectivity index is 0.00000348. The number of esters is 1. The fraction of sp³-hybridized carbons (Fsp3) is 0.375. The molecule has 2 atom stereocenters. The molecule has 0 spiro atoms. The lowest BCUT2D eigenvalue weighted by atomic mass is 9.92. The highest BCUT2D eigenvalue weighted by molar-refractivity contribution is 7.12. The van der Waals surface area contributed by atoms with Gasteiger partial charge in [0.25, 0.3) is 5.91 Å². The number of carbonyl (C=O) groups is 2. The first-order valence-electron chi connectivity index (χ1n) is 18.1. The Bertz CT molecular complexity index is 2010. The highest BCUT2D eigenvalue weighted by Gasteiger charge is 2.45. The summed E-state index contributed by atoms with van der Waals surface area (Å²) in [5.41, 5.74) is -0.160. The van der Waals surface area contributed by atoms with Crippen molar-refractivity contribution in [2.24, 2.45) is 0 Å². The standard InChI is InChI=1S/C40H46N4O8S2.2FH/c1-25(43-23-33(46)30-14-16-32(45)38-31(30)15-17-36(47)44-38)22-26-6-10-28(11-7-26)51-24-37(48)42-19-18-41-27-8-12-29(13-9-27)52-39(49)40(50,34-4-2-20-53-34)35-5-3-21-54-35;;/h2-7,10-11,14-17,20-21,25,27,29,33,41,43,45-46,50H,8-9,12-13,18-19,22-24H2,1H3,(H,42,48)(H,44,47);2*1H. The summed E-state index contributed by atoms with van der Waals surface area (Å²) in [5.74, 6) is -0.318. The molecule has 5 aromatic rings. The van der Waals surface area contributed by atoms with Crippen molar-refractivity contribution < 1.29 is 43.8 Å². The van der Waals surface area contributed by atoms with E-state index in [1.165, 1.54) is 34.8 Å². The third kappa shape index (κ3) is 11.0. The molecule has 0 bridgehead atoms. The normalized spacial score (nSPS) is 16.6. The first-order valence-corrected chi connectivity index (χ1v) is 19.9. The summed E-state index contributed by atoms with van der Waals surface area (Å²) in [6.45, 7) is 3.25. The number of aliphatic hydroxyl groups is 2. The number of aliphatic hydroxyl groups excluding tert-OH is 1. The van der Waals surface area contributed by atoms with Crippen molar-refractivity contribution in [1.82, 2.24) is 20.9 Å². The van der Waals surface area contributed by atoms with E-state index >= 15 is 0 Å². The van der Waals surface area contributed by atoms with Gasteiger partial charge in [-0.05, 0) is 97.3 Å². The lowest BCUT2D eigenvalue weighted by Crippen LogP contribution is -2.43. The summed E-state index contributed by atoms with van der Waals surface area (Å²) in [5, 5.41) is 46.4. The van der Waals surface area contributed by atoms with Gasteiger partial charge in [-0.25, -0.2) is 4.79 Å². The van der Waals surface area contributed by atoms with Crippen molar-refractivity contribution in [3.05, 3.63) is 115 Å². The van der Waals surface area contributed by atoms with Crippen LogP contribution in [0.1, 0.15) is 59.6 Å². The van der Waals surface area contributed by atoms with E-state index in [1.54, 1.807) is 24.3 Å². The Morgan fingerprint density at radius 1 is 0.929 bits per heavy atom. The maximum absolute atomic E-state index is 13.3. The molecule has 1 aliphatic carbocycles. The van der Waals surface area contributed by atoms with Crippen molar-refractivity contribution >= 4 is 45.5 Å². The SMILES string of the molecule is CC(Cc1ccc(OCC(=O)NCCNC2CCC(OC(=O)C(O)(c3cccs3)c3cccs3)CC2)cc1)NCC(O)c1ccc(O)c2[nH]c(=O)ccc12.F.F. The summed E-state index contributed by atoms with van der Waals surface area (Å²) in [7, 11) is 0. The lowest BCUT2D eigenvalue weighted by molar-refractivity contribution is -0.169. The number of thiophene rings is 2. The van der Waals surface area contributed by atoms with Crippen molar-refractivity contribution in [3.63, 3.8) is 0 Å². The number of carbonyl (C=O) groups excluding carboxylic acids is 2. The van der Waals surface area contributed by atoms with Gasteiger partial charge >= 0.3 is 5.97 Å². The Labute approximate surface area is 330 Å². The summed E-state index contributed by atoms with van der Waals surface area (Å²) < 4.78 is 11.5. The second-order valence-electron chi connectivity index (χ2n) is 13.6. The first kappa shape index (κ1) is 44.0. The maximum atomic E-state index is 13.3. The van der Waals surface area contributed by atoms with E-state index in [1.807, 2.05) is 54.1 Å². The summed E-state index contributed by atoms with van der Waals surface area (Å²) >= 11 is 2.66. The highest BCUT2D eigenvalue weighted by Crippen LogP contribution is 2.38. The minimum Gasteiger partial charge on any atom is -0.506 e. The molecule has 7 N–H and O–H groups in total. The topological polar surface area (TPSA) is 182 Å². The number of ether oxygens (including phenoxy) is 2. The predicted octanol–water partition coefficient (Wildman–Crippen LogP) is 4.79. The fourth-order valence-corrected chi connectivity index (χ4v) is 8.42. The number of pyridine rings is 1. The smallest absolute Gasteiger partial charge is 0.349 e. The summed E-state index contributed by atoms with van der Waals surface area (Å²) in [6.07, 6.45) is 2.61. The van der Waals surface area contributed by atoms with Gasteiger partial charge in [0.15, 0.2) is 6.61 Å². The number of hydrogen-bond acceptors (Lipinski definition) is 12. The zero-order chi connectivity index (χ0) is 38.1. The van der Waals surface area contributed by atoms with E-state index in [0.717, 1.165) is 18.4 Å². The lowest BCUT2D eigenvalue weighted by Gasteiger charge is -2.32. The molecule has 0 aliphatic heterocycles. The maximum Gasteiger partial charge on any atom is 0.349 e. The van der Waals surface area contributed by atoms with Crippen molar-refractivity contribution in [2.45, 2.75) is 68.9 Å². The van der Waals surface area contributed by atoms with Crippen molar-refractivity contribution in [1.29, 1.82) is 0 Å². The van der Waals surface area contributed by atoms with E-state index < -0.39 is 17.7 Å². The molecule has 1 saturated carbocycles. The number of phenols is 1. The molecule has 3 aromatic heterocycles. The minimum atomic E-state index is -1.80. The number of fused-ring (bicyclic) bond motifs is 1. The Kier molecular flexibility index (Phi) is 16.1. The van der Waals surface area contributed by atoms with Crippen LogP contribution >= 0.6 is 22.7 Å². The number of aromatic hydroxyl groups is 1. The molecule has 1 aliphatic rings. The van der Waals surface area contributed by atoms with E-state index in [0.29, 0.717) is 64.3 Å². The molecule has 16 heteroatoms. The van der Waals surface area contributed by atoms with Crippen LogP contribution in [0.15, 0.2) is 88.4 Å². The third-order valence-corrected chi connectivity index (χ3v) is 11.6. The van der Waals surface area contributed by atoms with Gasteiger partial charge in [0, 0.05) is 43.2 Å². The number of aromatic amines is 1. The molecule has 6 rings (SSSR count). The average molecular weight is 815 g/mol. The van der Waals surface area contributed by atoms with Crippen LogP contribution in [0.4, 0.5) is 9.41 Å². The zero-order valence-electron chi connectivity index (χ0n) is 30.8. The molecule has 12 nitrogen and oxygen atoms in total. The highest BCUT2D eigenvalue weighted by atomic mass is 32.1. The fourth-order valence-electron chi connectivity index (χ4n) is 6.71. The van der Waals surface area contributed by atoms with Crippen LogP contribution in [0.3, 0.4) is 0 Å². The van der Waals surface area contributed by atoms with Crippen molar-refractivity contribution in [2.75, 3.05) is 26.2 Å². The van der Waals surface area contributed by atoms with Gasteiger partial charge in [-0.1, -0.05) is 30.3 Å². The Morgan fingerprint density at radius 3 is 2.25 bits per heavy atom.